The third-order valence-electron chi connectivity index (χ3n) is 1.38. The quantitative estimate of drug-likeness (QED) is 0.601. The minimum Gasteiger partial charge on any atom is -0.481 e. The van der Waals surface area contributed by atoms with Crippen LogP contribution in [0.3, 0.4) is 0 Å². The zero-order chi connectivity index (χ0) is 10.3. The Morgan fingerprint density at radius 3 is 2.46 bits per heavy atom. The molecule has 13 heavy (non-hydrogen) atoms. The molecule has 0 aromatic rings. The lowest BCUT2D eigenvalue weighted by Gasteiger charge is -2.03. The number of nitrogens with zero attached hydrogens (tertiary/aromatic N) is 1. The van der Waals surface area contributed by atoms with Crippen LogP contribution < -0.4 is 0 Å². The van der Waals surface area contributed by atoms with E-state index in [1.807, 2.05) is 6.92 Å². The van der Waals surface area contributed by atoms with E-state index in [1.165, 1.54) is 6.21 Å². The number of hydrogen-bond donors (Lipinski definition) is 2. The Bertz CT molecular complexity index is 212. The van der Waals surface area contributed by atoms with Gasteiger partial charge in [0, 0.05) is 6.42 Å². The van der Waals surface area contributed by atoms with Gasteiger partial charge in [0.15, 0.2) is 0 Å². The van der Waals surface area contributed by atoms with Crippen molar-refractivity contribution in [1.29, 1.82) is 0 Å². The first kappa shape index (κ1) is 11.6. The van der Waals surface area contributed by atoms with Gasteiger partial charge in [-0.25, -0.2) is 4.79 Å². The molecule has 0 saturated carbocycles. The van der Waals surface area contributed by atoms with Gasteiger partial charge >= 0.3 is 11.9 Å². The van der Waals surface area contributed by atoms with Crippen LogP contribution in [0.2, 0.25) is 0 Å². The van der Waals surface area contributed by atoms with Gasteiger partial charge in [0.2, 0.25) is 0 Å². The number of aliphatic imine (C=N–C) groups is 1. The van der Waals surface area contributed by atoms with E-state index in [2.05, 4.69) is 4.99 Å². The lowest BCUT2D eigenvalue weighted by molar-refractivity contribution is -0.139. The lowest BCUT2D eigenvalue weighted by Crippen LogP contribution is -2.19. The lowest BCUT2D eigenvalue weighted by atomic mass is 10.1. The Kier molecular flexibility index (Phi) is 5.50. The molecule has 0 radical (unpaired) electrons. The van der Waals surface area contributed by atoms with Crippen molar-refractivity contribution in [1.82, 2.24) is 0 Å². The molecule has 2 N–H and O–H groups in total. The number of aliphatic carboxylic acids is 2. The fourth-order valence-electron chi connectivity index (χ4n) is 0.755. The van der Waals surface area contributed by atoms with E-state index in [-0.39, 0.29) is 12.8 Å². The van der Waals surface area contributed by atoms with Crippen molar-refractivity contribution in [3.8, 4) is 0 Å². The van der Waals surface area contributed by atoms with E-state index in [1.54, 1.807) is 0 Å². The Morgan fingerprint density at radius 2 is 2.08 bits per heavy atom. The maximum absolute atomic E-state index is 10.5. The second kappa shape index (κ2) is 6.16. The van der Waals surface area contributed by atoms with Crippen LogP contribution in [0.25, 0.3) is 0 Å². The fraction of sp³-hybridized carbons (Fsp3) is 0.625. The molecule has 0 spiro atoms. The minimum absolute atomic E-state index is 0.0428. The van der Waals surface area contributed by atoms with Crippen LogP contribution in [0.4, 0.5) is 0 Å². The van der Waals surface area contributed by atoms with Crippen molar-refractivity contribution >= 4 is 18.2 Å². The van der Waals surface area contributed by atoms with Crippen molar-refractivity contribution in [2.24, 2.45) is 4.99 Å². The monoisotopic (exact) mass is 187 g/mol. The molecule has 0 rings (SSSR count). The van der Waals surface area contributed by atoms with Gasteiger partial charge in [-0.2, -0.15) is 0 Å². The summed E-state index contributed by atoms with van der Waals surface area (Å²) in [6.07, 6.45) is 2.01. The summed E-state index contributed by atoms with van der Waals surface area (Å²) in [7, 11) is 0. The summed E-state index contributed by atoms with van der Waals surface area (Å²) in [5, 5.41) is 16.9. The van der Waals surface area contributed by atoms with Crippen LogP contribution in [0.1, 0.15) is 26.2 Å². The molecule has 0 saturated heterocycles. The number of carboxylic acid groups (broad SMARTS) is 2. The predicted octanol–water partition coefficient (Wildman–Crippen LogP) is 0.785. The van der Waals surface area contributed by atoms with Crippen molar-refractivity contribution in [3.05, 3.63) is 0 Å². The van der Waals surface area contributed by atoms with Gasteiger partial charge in [0.1, 0.15) is 6.04 Å². The molecule has 1 atom stereocenters. The zero-order valence-corrected chi connectivity index (χ0v) is 7.43. The second-order valence-corrected chi connectivity index (χ2v) is 2.53. The molecular weight excluding hydrogens is 174 g/mol. The fourth-order valence-corrected chi connectivity index (χ4v) is 0.755. The summed E-state index contributed by atoms with van der Waals surface area (Å²) in [6.45, 7) is 1.83. The van der Waals surface area contributed by atoms with Crippen molar-refractivity contribution < 1.29 is 19.8 Å². The first-order chi connectivity index (χ1) is 6.07. The molecule has 0 amide bonds. The van der Waals surface area contributed by atoms with Crippen LogP contribution in [-0.4, -0.2) is 34.4 Å². The molecule has 74 valence electrons. The van der Waals surface area contributed by atoms with Gasteiger partial charge in [-0.1, -0.05) is 6.92 Å². The molecule has 0 unspecified atom stereocenters. The van der Waals surface area contributed by atoms with Crippen LogP contribution in [-0.2, 0) is 9.59 Å². The molecule has 0 aliphatic carbocycles. The normalized spacial score (nSPS) is 13.0. The van der Waals surface area contributed by atoms with Gasteiger partial charge in [-0.3, -0.25) is 9.79 Å². The molecule has 0 aliphatic heterocycles. The minimum atomic E-state index is -1.08. The second-order valence-electron chi connectivity index (χ2n) is 2.53. The van der Waals surface area contributed by atoms with E-state index in [9.17, 15) is 9.59 Å². The van der Waals surface area contributed by atoms with E-state index in [0.29, 0.717) is 6.42 Å². The Morgan fingerprint density at radius 1 is 1.46 bits per heavy atom. The van der Waals surface area contributed by atoms with E-state index in [4.69, 9.17) is 10.2 Å². The summed E-state index contributed by atoms with van der Waals surface area (Å²) in [4.78, 5) is 24.4. The van der Waals surface area contributed by atoms with E-state index in [0.717, 1.165) is 0 Å². The predicted molar refractivity (Wildman–Crippen MR) is 47.1 cm³/mol. The maximum atomic E-state index is 10.5. The zero-order valence-electron chi connectivity index (χ0n) is 7.43. The highest BCUT2D eigenvalue weighted by atomic mass is 16.4. The molecule has 5 nitrogen and oxygen atoms in total. The smallest absolute Gasteiger partial charge is 0.328 e. The molecule has 5 heteroatoms. The summed E-state index contributed by atoms with van der Waals surface area (Å²) >= 11 is 0. The van der Waals surface area contributed by atoms with Gasteiger partial charge in [0.05, 0.1) is 0 Å². The van der Waals surface area contributed by atoms with Crippen molar-refractivity contribution in [2.45, 2.75) is 32.2 Å². The summed E-state index contributed by atoms with van der Waals surface area (Å²) in [6, 6.07) is -0.920. The molecule has 0 aliphatic rings. The van der Waals surface area contributed by atoms with Gasteiger partial charge in [0.25, 0.3) is 0 Å². The Balaban J connectivity index is 4.02. The SMILES string of the molecule is CCC=N[C@@H](CCC(=O)O)C(=O)O. The molecular formula is C8H13NO4. The average Bonchev–Trinajstić information content (AvgIpc) is 2.03. The molecule has 0 fully saturated rings. The molecule has 0 bridgehead atoms. The number of rotatable bonds is 6. The summed E-state index contributed by atoms with van der Waals surface area (Å²) < 4.78 is 0. The third kappa shape index (κ3) is 5.84. The first-order valence-corrected chi connectivity index (χ1v) is 4.04. The van der Waals surface area contributed by atoms with E-state index < -0.39 is 18.0 Å². The number of hydrogen-bond acceptors (Lipinski definition) is 3. The third-order valence-corrected chi connectivity index (χ3v) is 1.38. The molecule has 0 aromatic heterocycles. The Labute approximate surface area is 76.1 Å². The number of carboxylic acids is 2. The average molecular weight is 187 g/mol. The molecule has 0 aromatic carbocycles. The van der Waals surface area contributed by atoms with Crippen LogP contribution in [0.5, 0.6) is 0 Å². The first-order valence-electron chi connectivity index (χ1n) is 4.04. The largest absolute Gasteiger partial charge is 0.481 e. The van der Waals surface area contributed by atoms with Gasteiger partial charge < -0.3 is 10.2 Å². The topological polar surface area (TPSA) is 87.0 Å². The highest BCUT2D eigenvalue weighted by molar-refractivity contribution is 5.77. The summed E-state index contributed by atoms with van der Waals surface area (Å²) in [5.74, 6) is -2.08. The van der Waals surface area contributed by atoms with Gasteiger partial charge in [-0.05, 0) is 19.1 Å². The van der Waals surface area contributed by atoms with Gasteiger partial charge in [-0.15, -0.1) is 0 Å². The maximum Gasteiger partial charge on any atom is 0.328 e. The number of carbonyl (C=O) groups is 2. The highest BCUT2D eigenvalue weighted by Crippen LogP contribution is 2.02. The van der Waals surface area contributed by atoms with Crippen LogP contribution >= 0.6 is 0 Å². The van der Waals surface area contributed by atoms with Crippen LogP contribution in [0, 0.1) is 0 Å². The molecule has 0 heterocycles. The van der Waals surface area contributed by atoms with Crippen molar-refractivity contribution in [3.63, 3.8) is 0 Å². The summed E-state index contributed by atoms with van der Waals surface area (Å²) in [5.41, 5.74) is 0. The van der Waals surface area contributed by atoms with E-state index >= 15 is 0 Å². The standard InChI is InChI=1S/C8H13NO4/c1-2-5-9-6(8(12)13)3-4-7(10)11/h5-6H,2-4H2,1H3,(H,10,11)(H,12,13)/t6-/m0/s1. The van der Waals surface area contributed by atoms with Crippen molar-refractivity contribution in [2.75, 3.05) is 0 Å². The van der Waals surface area contributed by atoms with Crippen LogP contribution in [0.15, 0.2) is 4.99 Å². The highest BCUT2D eigenvalue weighted by Gasteiger charge is 2.15. The Hall–Kier alpha value is -1.39.